The standard InChI is InChI=1S/C8H17N3O/c1-3-10-4-5-11(8(9)12)7(2)6-10/h7H,3-6H2,1-2H3,(H2,9,12). The molecule has 0 spiro atoms. The number of hydrogen-bond donors (Lipinski definition) is 1. The van der Waals surface area contributed by atoms with Crippen molar-refractivity contribution in [3.63, 3.8) is 0 Å². The predicted molar refractivity (Wildman–Crippen MR) is 47.9 cm³/mol. The fraction of sp³-hybridized carbons (Fsp3) is 0.875. The molecule has 12 heavy (non-hydrogen) atoms. The Labute approximate surface area is 73.3 Å². The van der Waals surface area contributed by atoms with Crippen molar-refractivity contribution in [1.29, 1.82) is 0 Å². The Morgan fingerprint density at radius 1 is 1.58 bits per heavy atom. The summed E-state index contributed by atoms with van der Waals surface area (Å²) in [6.45, 7) is 7.88. The van der Waals surface area contributed by atoms with Crippen LogP contribution in [0.4, 0.5) is 4.79 Å². The summed E-state index contributed by atoms with van der Waals surface area (Å²) in [4.78, 5) is 14.9. The van der Waals surface area contributed by atoms with E-state index in [4.69, 9.17) is 5.73 Å². The molecule has 2 amide bonds. The maximum absolute atomic E-state index is 10.9. The molecular weight excluding hydrogens is 154 g/mol. The second-order valence-electron chi connectivity index (χ2n) is 3.27. The highest BCUT2D eigenvalue weighted by Gasteiger charge is 2.24. The van der Waals surface area contributed by atoms with E-state index in [1.54, 1.807) is 4.90 Å². The van der Waals surface area contributed by atoms with Crippen LogP contribution in [0.15, 0.2) is 0 Å². The molecule has 1 aliphatic heterocycles. The van der Waals surface area contributed by atoms with Gasteiger partial charge in [0.15, 0.2) is 0 Å². The fourth-order valence-corrected chi connectivity index (χ4v) is 1.65. The van der Waals surface area contributed by atoms with Crippen LogP contribution in [0.1, 0.15) is 13.8 Å². The highest BCUT2D eigenvalue weighted by atomic mass is 16.2. The first-order valence-electron chi connectivity index (χ1n) is 4.43. The van der Waals surface area contributed by atoms with E-state index in [9.17, 15) is 4.79 Å². The van der Waals surface area contributed by atoms with Crippen LogP contribution in [0.2, 0.25) is 0 Å². The van der Waals surface area contributed by atoms with Gasteiger partial charge in [-0.1, -0.05) is 6.92 Å². The van der Waals surface area contributed by atoms with Crippen LogP contribution < -0.4 is 5.73 Å². The van der Waals surface area contributed by atoms with Crippen LogP contribution in [0.5, 0.6) is 0 Å². The molecular formula is C8H17N3O. The van der Waals surface area contributed by atoms with Crippen molar-refractivity contribution in [3.8, 4) is 0 Å². The highest BCUT2D eigenvalue weighted by molar-refractivity contribution is 5.72. The SMILES string of the molecule is CCN1CCN(C(N)=O)C(C)C1. The maximum Gasteiger partial charge on any atom is 0.315 e. The lowest BCUT2D eigenvalue weighted by Gasteiger charge is -2.38. The van der Waals surface area contributed by atoms with Gasteiger partial charge >= 0.3 is 6.03 Å². The number of piperazine rings is 1. The van der Waals surface area contributed by atoms with Gasteiger partial charge in [0.25, 0.3) is 0 Å². The van der Waals surface area contributed by atoms with Gasteiger partial charge in [0, 0.05) is 25.7 Å². The van der Waals surface area contributed by atoms with Gasteiger partial charge in [-0.3, -0.25) is 4.90 Å². The Morgan fingerprint density at radius 3 is 2.67 bits per heavy atom. The molecule has 0 saturated carbocycles. The van der Waals surface area contributed by atoms with Gasteiger partial charge in [0.05, 0.1) is 0 Å². The van der Waals surface area contributed by atoms with Crippen molar-refractivity contribution >= 4 is 6.03 Å². The number of carbonyl (C=O) groups is 1. The number of nitrogens with zero attached hydrogens (tertiary/aromatic N) is 2. The fourth-order valence-electron chi connectivity index (χ4n) is 1.65. The Kier molecular flexibility index (Phi) is 2.92. The molecule has 4 nitrogen and oxygen atoms in total. The first-order chi connectivity index (χ1) is 5.65. The van der Waals surface area contributed by atoms with Crippen molar-refractivity contribution in [2.75, 3.05) is 26.2 Å². The highest BCUT2D eigenvalue weighted by Crippen LogP contribution is 2.07. The molecule has 2 N–H and O–H groups in total. The zero-order valence-electron chi connectivity index (χ0n) is 7.79. The van der Waals surface area contributed by atoms with Gasteiger partial charge in [-0.25, -0.2) is 4.79 Å². The molecule has 70 valence electrons. The molecule has 0 aromatic heterocycles. The van der Waals surface area contributed by atoms with E-state index in [1.165, 1.54) is 0 Å². The Hall–Kier alpha value is -0.770. The van der Waals surface area contributed by atoms with Gasteiger partial charge in [-0.05, 0) is 13.5 Å². The molecule has 1 fully saturated rings. The Bertz CT molecular complexity index is 172. The number of primary amides is 1. The average molecular weight is 171 g/mol. The number of likely N-dealkylation sites (N-methyl/N-ethyl adjacent to an activating group) is 1. The third-order valence-electron chi connectivity index (χ3n) is 2.44. The molecule has 1 unspecified atom stereocenters. The summed E-state index contributed by atoms with van der Waals surface area (Å²) in [5.41, 5.74) is 5.21. The van der Waals surface area contributed by atoms with Crippen LogP contribution in [0, 0.1) is 0 Å². The van der Waals surface area contributed by atoms with Gasteiger partial charge in [-0.2, -0.15) is 0 Å². The minimum atomic E-state index is -0.293. The zero-order chi connectivity index (χ0) is 9.14. The first kappa shape index (κ1) is 9.32. The Balaban J connectivity index is 2.47. The minimum Gasteiger partial charge on any atom is -0.351 e. The number of amides is 2. The second-order valence-corrected chi connectivity index (χ2v) is 3.27. The van der Waals surface area contributed by atoms with Gasteiger partial charge in [0.2, 0.25) is 0 Å². The van der Waals surface area contributed by atoms with Crippen molar-refractivity contribution in [2.24, 2.45) is 5.73 Å². The lowest BCUT2D eigenvalue weighted by atomic mass is 10.2. The van der Waals surface area contributed by atoms with Crippen LogP contribution >= 0.6 is 0 Å². The monoisotopic (exact) mass is 171 g/mol. The maximum atomic E-state index is 10.9. The molecule has 0 radical (unpaired) electrons. The molecule has 0 aliphatic carbocycles. The quantitative estimate of drug-likeness (QED) is 0.608. The van der Waals surface area contributed by atoms with E-state index in [2.05, 4.69) is 11.8 Å². The van der Waals surface area contributed by atoms with Crippen LogP contribution in [-0.4, -0.2) is 48.1 Å². The van der Waals surface area contributed by atoms with Gasteiger partial charge < -0.3 is 10.6 Å². The third kappa shape index (κ3) is 1.88. The summed E-state index contributed by atoms with van der Waals surface area (Å²) in [6, 6.07) is -0.0329. The van der Waals surface area contributed by atoms with E-state index in [-0.39, 0.29) is 12.1 Å². The predicted octanol–water partition coefficient (Wildman–Crippen LogP) is 0.0911. The zero-order valence-corrected chi connectivity index (χ0v) is 7.79. The topological polar surface area (TPSA) is 49.6 Å². The van der Waals surface area contributed by atoms with Crippen molar-refractivity contribution in [3.05, 3.63) is 0 Å². The normalized spacial score (nSPS) is 25.8. The molecule has 1 saturated heterocycles. The van der Waals surface area contributed by atoms with Crippen molar-refractivity contribution in [2.45, 2.75) is 19.9 Å². The molecule has 4 heteroatoms. The smallest absolute Gasteiger partial charge is 0.315 e. The Morgan fingerprint density at radius 2 is 2.25 bits per heavy atom. The number of nitrogens with two attached hydrogens (primary N) is 1. The van der Waals surface area contributed by atoms with Crippen LogP contribution in [0.25, 0.3) is 0 Å². The molecule has 1 atom stereocenters. The average Bonchev–Trinajstić information content (AvgIpc) is 2.03. The summed E-state index contributed by atoms with van der Waals surface area (Å²) in [6.07, 6.45) is 0. The van der Waals surface area contributed by atoms with Crippen molar-refractivity contribution < 1.29 is 4.79 Å². The first-order valence-corrected chi connectivity index (χ1v) is 4.43. The molecule has 1 aliphatic rings. The van der Waals surface area contributed by atoms with Crippen molar-refractivity contribution in [1.82, 2.24) is 9.80 Å². The van der Waals surface area contributed by atoms with Gasteiger partial charge in [-0.15, -0.1) is 0 Å². The minimum absolute atomic E-state index is 0.260. The summed E-state index contributed by atoms with van der Waals surface area (Å²) >= 11 is 0. The largest absolute Gasteiger partial charge is 0.351 e. The lowest BCUT2D eigenvalue weighted by molar-refractivity contribution is 0.110. The number of hydrogen-bond acceptors (Lipinski definition) is 2. The summed E-state index contributed by atoms with van der Waals surface area (Å²) in [5, 5.41) is 0. The van der Waals surface area contributed by atoms with E-state index in [1.807, 2.05) is 6.92 Å². The van der Waals surface area contributed by atoms with Crippen LogP contribution in [0.3, 0.4) is 0 Å². The number of carbonyl (C=O) groups excluding carboxylic acids is 1. The molecule has 0 aromatic carbocycles. The third-order valence-corrected chi connectivity index (χ3v) is 2.44. The molecule has 0 bridgehead atoms. The number of urea groups is 1. The number of rotatable bonds is 1. The van der Waals surface area contributed by atoms with E-state index in [0.29, 0.717) is 0 Å². The molecule has 0 aromatic rings. The summed E-state index contributed by atoms with van der Waals surface area (Å²) in [5.74, 6) is 0. The van der Waals surface area contributed by atoms with Gasteiger partial charge in [0.1, 0.15) is 0 Å². The van der Waals surface area contributed by atoms with E-state index in [0.717, 1.165) is 26.2 Å². The molecule has 1 heterocycles. The van der Waals surface area contributed by atoms with E-state index < -0.39 is 0 Å². The van der Waals surface area contributed by atoms with E-state index >= 15 is 0 Å². The second kappa shape index (κ2) is 3.76. The van der Waals surface area contributed by atoms with Crippen LogP contribution in [-0.2, 0) is 0 Å². The molecule has 1 rings (SSSR count). The summed E-state index contributed by atoms with van der Waals surface area (Å²) < 4.78 is 0. The summed E-state index contributed by atoms with van der Waals surface area (Å²) in [7, 11) is 0. The lowest BCUT2D eigenvalue weighted by Crippen LogP contribution is -2.55.